The molecule has 0 spiro atoms. The quantitative estimate of drug-likeness (QED) is 0.800. The number of anilines is 1. The molecule has 1 rings (SSSR count). The van der Waals surface area contributed by atoms with Gasteiger partial charge >= 0.3 is 6.61 Å². The van der Waals surface area contributed by atoms with E-state index in [2.05, 4.69) is 10.1 Å². The Bertz CT molecular complexity index is 474. The van der Waals surface area contributed by atoms with Crippen molar-refractivity contribution >= 4 is 15.5 Å². The van der Waals surface area contributed by atoms with Crippen LogP contribution in [0.5, 0.6) is 5.75 Å². The molecule has 0 unspecified atom stereocenters. The Balaban J connectivity index is 2.42. The minimum Gasteiger partial charge on any atom is -0.435 e. The summed E-state index contributed by atoms with van der Waals surface area (Å²) in [5.74, 6) is 0.297. The van der Waals surface area contributed by atoms with E-state index in [1.54, 1.807) is 12.1 Å². The van der Waals surface area contributed by atoms with E-state index in [-0.39, 0.29) is 23.8 Å². The van der Waals surface area contributed by atoms with Crippen molar-refractivity contribution in [1.82, 2.24) is 0 Å². The van der Waals surface area contributed by atoms with Crippen LogP contribution < -0.4 is 10.1 Å². The largest absolute Gasteiger partial charge is 0.435 e. The normalized spacial score (nSPS) is 11.6. The molecule has 0 heterocycles. The number of hydrogen-bond acceptors (Lipinski definition) is 4. The second kappa shape index (κ2) is 7.28. The zero-order valence-electron chi connectivity index (χ0n) is 10.6. The van der Waals surface area contributed by atoms with E-state index >= 15 is 0 Å². The van der Waals surface area contributed by atoms with Crippen molar-refractivity contribution in [3.05, 3.63) is 24.3 Å². The third-order valence-electron chi connectivity index (χ3n) is 2.34. The van der Waals surface area contributed by atoms with E-state index in [1.165, 1.54) is 12.1 Å². The second-order valence-corrected chi connectivity index (χ2v) is 6.29. The Morgan fingerprint density at radius 3 is 2.37 bits per heavy atom. The molecule has 1 N–H and O–H groups in total. The highest BCUT2D eigenvalue weighted by atomic mass is 32.2. The molecule has 0 aliphatic rings. The summed E-state index contributed by atoms with van der Waals surface area (Å²) >= 11 is 0. The van der Waals surface area contributed by atoms with Gasteiger partial charge in [-0.15, -0.1) is 0 Å². The highest BCUT2D eigenvalue weighted by Crippen LogP contribution is 2.17. The van der Waals surface area contributed by atoms with E-state index in [0.717, 1.165) is 0 Å². The van der Waals surface area contributed by atoms with Crippen molar-refractivity contribution in [2.24, 2.45) is 0 Å². The smallest absolute Gasteiger partial charge is 0.387 e. The monoisotopic (exact) mass is 293 g/mol. The molecule has 0 bridgehead atoms. The molecule has 0 radical (unpaired) electrons. The molecular weight excluding hydrogens is 276 g/mol. The van der Waals surface area contributed by atoms with Crippen LogP contribution in [0.2, 0.25) is 0 Å². The Hall–Kier alpha value is -1.37. The van der Waals surface area contributed by atoms with Gasteiger partial charge in [-0.05, 0) is 30.7 Å². The lowest BCUT2D eigenvalue weighted by Gasteiger charge is -2.08. The van der Waals surface area contributed by atoms with Gasteiger partial charge < -0.3 is 10.1 Å². The Morgan fingerprint density at radius 1 is 1.21 bits per heavy atom. The van der Waals surface area contributed by atoms with E-state index in [4.69, 9.17) is 0 Å². The van der Waals surface area contributed by atoms with Crippen molar-refractivity contribution < 1.29 is 21.9 Å². The summed E-state index contributed by atoms with van der Waals surface area (Å²) in [6.07, 6.45) is 0.599. The first kappa shape index (κ1) is 15.7. The van der Waals surface area contributed by atoms with Crippen LogP contribution in [0, 0.1) is 0 Å². The molecule has 0 aromatic heterocycles. The van der Waals surface area contributed by atoms with E-state index in [9.17, 15) is 17.2 Å². The van der Waals surface area contributed by atoms with Gasteiger partial charge in [0.1, 0.15) is 5.75 Å². The molecule has 0 amide bonds. The number of rotatable bonds is 8. The van der Waals surface area contributed by atoms with Crippen molar-refractivity contribution in [1.29, 1.82) is 0 Å². The SMILES string of the molecule is CCCS(=O)(=O)CCNc1ccc(OC(F)F)cc1. The van der Waals surface area contributed by atoms with Gasteiger partial charge in [-0.2, -0.15) is 8.78 Å². The molecule has 19 heavy (non-hydrogen) atoms. The Morgan fingerprint density at radius 2 is 1.84 bits per heavy atom. The van der Waals surface area contributed by atoms with Gasteiger partial charge in [-0.3, -0.25) is 0 Å². The summed E-state index contributed by atoms with van der Waals surface area (Å²) in [7, 11) is -3.01. The zero-order chi connectivity index (χ0) is 14.3. The lowest BCUT2D eigenvalue weighted by Crippen LogP contribution is -2.18. The average molecular weight is 293 g/mol. The predicted octanol–water partition coefficient (Wildman–Crippen LogP) is 2.52. The van der Waals surface area contributed by atoms with Crippen LogP contribution in [0.25, 0.3) is 0 Å². The van der Waals surface area contributed by atoms with Crippen molar-refractivity contribution in [3.8, 4) is 5.75 Å². The Labute approximate surface area is 111 Å². The summed E-state index contributed by atoms with van der Waals surface area (Å²) in [6.45, 7) is -0.748. The highest BCUT2D eigenvalue weighted by Gasteiger charge is 2.08. The molecule has 0 atom stereocenters. The van der Waals surface area contributed by atoms with Crippen LogP contribution in [0.15, 0.2) is 24.3 Å². The molecule has 0 fully saturated rings. The third-order valence-corrected chi connectivity index (χ3v) is 4.19. The number of ether oxygens (including phenoxy) is 1. The molecule has 1 aromatic carbocycles. The summed E-state index contributed by atoms with van der Waals surface area (Å²) in [5.41, 5.74) is 0.660. The number of alkyl halides is 2. The number of nitrogens with one attached hydrogen (secondary N) is 1. The summed E-state index contributed by atoms with van der Waals surface area (Å²) < 4.78 is 51.0. The minimum atomic E-state index is -3.01. The number of benzene rings is 1. The summed E-state index contributed by atoms with van der Waals surface area (Å²) in [4.78, 5) is 0. The Kier molecular flexibility index (Phi) is 6.01. The number of hydrogen-bond donors (Lipinski definition) is 1. The van der Waals surface area contributed by atoms with Gasteiger partial charge in [0.05, 0.1) is 5.75 Å². The van der Waals surface area contributed by atoms with Gasteiger partial charge in [0, 0.05) is 18.0 Å². The van der Waals surface area contributed by atoms with Crippen LogP contribution in [0.1, 0.15) is 13.3 Å². The van der Waals surface area contributed by atoms with Gasteiger partial charge in [0.2, 0.25) is 0 Å². The summed E-state index contributed by atoms with van der Waals surface area (Å²) in [6, 6.07) is 5.92. The van der Waals surface area contributed by atoms with E-state index in [1.807, 2.05) is 6.92 Å². The average Bonchev–Trinajstić information content (AvgIpc) is 2.30. The van der Waals surface area contributed by atoms with Gasteiger partial charge in [-0.1, -0.05) is 6.92 Å². The maximum atomic E-state index is 11.9. The lowest BCUT2D eigenvalue weighted by atomic mass is 10.3. The molecule has 0 aliphatic carbocycles. The fourth-order valence-electron chi connectivity index (χ4n) is 1.52. The zero-order valence-corrected chi connectivity index (χ0v) is 11.4. The van der Waals surface area contributed by atoms with Crippen LogP contribution in [0.3, 0.4) is 0 Å². The standard InChI is InChI=1S/C12H17F2NO3S/c1-2-8-19(16,17)9-7-15-10-3-5-11(6-4-10)18-12(13)14/h3-6,12,15H,2,7-9H2,1H3. The second-order valence-electron chi connectivity index (χ2n) is 3.98. The first-order chi connectivity index (χ1) is 8.93. The van der Waals surface area contributed by atoms with Crippen LogP contribution in [-0.2, 0) is 9.84 Å². The predicted molar refractivity (Wildman–Crippen MR) is 70.5 cm³/mol. The van der Waals surface area contributed by atoms with E-state index < -0.39 is 16.4 Å². The number of sulfone groups is 1. The third kappa shape index (κ3) is 6.37. The molecule has 7 heteroatoms. The fraction of sp³-hybridized carbons (Fsp3) is 0.500. The summed E-state index contributed by atoms with van der Waals surface area (Å²) in [5, 5.41) is 2.92. The van der Waals surface area contributed by atoms with Crippen molar-refractivity contribution in [3.63, 3.8) is 0 Å². The molecule has 108 valence electrons. The first-order valence-corrected chi connectivity index (χ1v) is 7.74. The maximum absolute atomic E-state index is 11.9. The molecular formula is C12H17F2NO3S. The van der Waals surface area contributed by atoms with Crippen molar-refractivity contribution in [2.45, 2.75) is 20.0 Å². The van der Waals surface area contributed by atoms with Crippen LogP contribution in [0.4, 0.5) is 14.5 Å². The molecule has 0 saturated carbocycles. The highest BCUT2D eigenvalue weighted by molar-refractivity contribution is 7.91. The fourth-order valence-corrected chi connectivity index (χ4v) is 2.76. The van der Waals surface area contributed by atoms with Gasteiger partial charge in [0.15, 0.2) is 9.84 Å². The molecule has 0 aliphatic heterocycles. The molecule has 4 nitrogen and oxygen atoms in total. The topological polar surface area (TPSA) is 55.4 Å². The van der Waals surface area contributed by atoms with Crippen LogP contribution in [-0.4, -0.2) is 33.1 Å². The molecule has 1 aromatic rings. The lowest BCUT2D eigenvalue weighted by molar-refractivity contribution is -0.0498. The maximum Gasteiger partial charge on any atom is 0.387 e. The van der Waals surface area contributed by atoms with Crippen LogP contribution >= 0.6 is 0 Å². The van der Waals surface area contributed by atoms with Gasteiger partial charge in [-0.25, -0.2) is 8.42 Å². The van der Waals surface area contributed by atoms with Gasteiger partial charge in [0.25, 0.3) is 0 Å². The van der Waals surface area contributed by atoms with E-state index in [0.29, 0.717) is 12.1 Å². The minimum absolute atomic E-state index is 0.0517. The first-order valence-electron chi connectivity index (χ1n) is 5.92. The number of halogens is 2. The van der Waals surface area contributed by atoms with Crippen molar-refractivity contribution in [2.75, 3.05) is 23.4 Å². The molecule has 0 saturated heterocycles.